The molecule has 1 aliphatic rings. The number of ketones is 1. The van der Waals surface area contributed by atoms with Crippen molar-refractivity contribution in [1.29, 1.82) is 0 Å². The Kier molecular flexibility index (Phi) is 6.96. The lowest BCUT2D eigenvalue weighted by Crippen LogP contribution is -2.43. The average molecular weight is 436 g/mol. The second-order valence-electron chi connectivity index (χ2n) is 8.18. The Morgan fingerprint density at radius 1 is 0.938 bits per heavy atom. The number of nitrogens with zero attached hydrogens (tertiary/aromatic N) is 1. The zero-order chi connectivity index (χ0) is 22.5. The first-order chi connectivity index (χ1) is 15.5. The molecule has 0 bridgehead atoms. The standard InChI is InChI=1S/C27H27F2NO2/c1-2-32-26-6-4-3-5-21(26)17-30-16-15-25(31)24(18-30)27(19-7-11-22(28)12-8-19)20-9-13-23(29)14-10-20/h3-14,24,27H,2,15-18H2,1H3. The highest BCUT2D eigenvalue weighted by molar-refractivity contribution is 5.83. The first-order valence-electron chi connectivity index (χ1n) is 11.0. The number of ether oxygens (including phenoxy) is 1. The fraction of sp³-hybridized carbons (Fsp3) is 0.296. The van der Waals surface area contributed by atoms with Gasteiger partial charge in [0.05, 0.1) is 6.61 Å². The summed E-state index contributed by atoms with van der Waals surface area (Å²) >= 11 is 0. The third-order valence-corrected chi connectivity index (χ3v) is 6.07. The molecule has 0 spiro atoms. The first-order valence-corrected chi connectivity index (χ1v) is 11.0. The number of hydrogen-bond acceptors (Lipinski definition) is 3. The summed E-state index contributed by atoms with van der Waals surface area (Å²) in [5.74, 6) is -0.186. The number of hydrogen-bond donors (Lipinski definition) is 0. The van der Waals surface area contributed by atoms with Crippen molar-refractivity contribution in [3.8, 4) is 5.75 Å². The molecule has 3 aromatic rings. The van der Waals surface area contributed by atoms with Gasteiger partial charge in [-0.1, -0.05) is 42.5 Å². The van der Waals surface area contributed by atoms with Gasteiger partial charge in [-0.25, -0.2) is 8.78 Å². The molecule has 166 valence electrons. The van der Waals surface area contributed by atoms with E-state index in [9.17, 15) is 13.6 Å². The van der Waals surface area contributed by atoms with E-state index in [-0.39, 0.29) is 29.3 Å². The van der Waals surface area contributed by atoms with Gasteiger partial charge in [0, 0.05) is 43.5 Å². The van der Waals surface area contributed by atoms with E-state index in [1.54, 1.807) is 24.3 Å². The van der Waals surface area contributed by atoms with Crippen LogP contribution in [-0.4, -0.2) is 30.4 Å². The number of halogens is 2. The Bertz CT molecular complexity index is 1000. The van der Waals surface area contributed by atoms with Crippen LogP contribution < -0.4 is 4.74 Å². The van der Waals surface area contributed by atoms with Crippen molar-refractivity contribution >= 4 is 5.78 Å². The molecule has 0 N–H and O–H groups in total. The van der Waals surface area contributed by atoms with E-state index in [2.05, 4.69) is 4.90 Å². The third-order valence-electron chi connectivity index (χ3n) is 6.07. The Balaban J connectivity index is 1.63. The molecule has 0 amide bonds. The summed E-state index contributed by atoms with van der Waals surface area (Å²) < 4.78 is 33.0. The SMILES string of the molecule is CCOc1ccccc1CN1CCC(=O)C(C(c2ccc(F)cc2)c2ccc(F)cc2)C1. The van der Waals surface area contributed by atoms with Crippen LogP contribution in [-0.2, 0) is 11.3 Å². The summed E-state index contributed by atoms with van der Waals surface area (Å²) in [6.07, 6.45) is 0.445. The van der Waals surface area contributed by atoms with Gasteiger partial charge in [0.2, 0.25) is 0 Å². The largest absolute Gasteiger partial charge is 0.494 e. The highest BCUT2D eigenvalue weighted by atomic mass is 19.1. The summed E-state index contributed by atoms with van der Waals surface area (Å²) in [5.41, 5.74) is 2.79. The minimum absolute atomic E-state index is 0.179. The number of para-hydroxylation sites is 1. The van der Waals surface area contributed by atoms with E-state index in [1.165, 1.54) is 24.3 Å². The molecule has 0 radical (unpaired) electrons. The summed E-state index contributed by atoms with van der Waals surface area (Å²) in [7, 11) is 0. The van der Waals surface area contributed by atoms with Crippen LogP contribution in [0.3, 0.4) is 0 Å². The zero-order valence-corrected chi connectivity index (χ0v) is 18.1. The van der Waals surface area contributed by atoms with Gasteiger partial charge in [0.15, 0.2) is 0 Å². The fourth-order valence-corrected chi connectivity index (χ4v) is 4.53. The summed E-state index contributed by atoms with van der Waals surface area (Å²) in [5, 5.41) is 0. The van der Waals surface area contributed by atoms with Crippen LogP contribution in [0.2, 0.25) is 0 Å². The lowest BCUT2D eigenvalue weighted by molar-refractivity contribution is -0.126. The summed E-state index contributed by atoms with van der Waals surface area (Å²) in [6, 6.07) is 20.5. The smallest absolute Gasteiger partial charge is 0.139 e. The highest BCUT2D eigenvalue weighted by Gasteiger charge is 2.35. The molecule has 3 aromatic carbocycles. The van der Waals surface area contributed by atoms with Crippen LogP contribution in [0, 0.1) is 17.6 Å². The summed E-state index contributed by atoms with van der Waals surface area (Å²) in [6.45, 7) is 4.48. The minimum atomic E-state index is -0.323. The van der Waals surface area contributed by atoms with Crippen LogP contribution >= 0.6 is 0 Å². The van der Waals surface area contributed by atoms with E-state index in [0.29, 0.717) is 32.7 Å². The van der Waals surface area contributed by atoms with E-state index in [0.717, 1.165) is 22.4 Å². The molecule has 4 rings (SSSR count). The molecule has 32 heavy (non-hydrogen) atoms. The Morgan fingerprint density at radius 2 is 1.53 bits per heavy atom. The second-order valence-corrected chi connectivity index (χ2v) is 8.18. The maximum atomic E-state index is 13.6. The molecule has 1 saturated heterocycles. The normalized spacial score (nSPS) is 17.0. The van der Waals surface area contributed by atoms with E-state index < -0.39 is 0 Å². The molecule has 1 atom stereocenters. The highest BCUT2D eigenvalue weighted by Crippen LogP contribution is 2.36. The maximum Gasteiger partial charge on any atom is 0.139 e. The molecule has 1 heterocycles. The number of carbonyl (C=O) groups is 1. The third kappa shape index (κ3) is 5.05. The van der Waals surface area contributed by atoms with E-state index >= 15 is 0 Å². The van der Waals surface area contributed by atoms with Crippen LogP contribution in [0.5, 0.6) is 5.75 Å². The molecule has 1 fully saturated rings. The van der Waals surface area contributed by atoms with Crippen molar-refractivity contribution in [2.75, 3.05) is 19.7 Å². The summed E-state index contributed by atoms with van der Waals surface area (Å²) in [4.78, 5) is 15.4. The van der Waals surface area contributed by atoms with Crippen molar-refractivity contribution in [2.45, 2.75) is 25.8 Å². The molecule has 1 aliphatic heterocycles. The molecule has 0 aliphatic carbocycles. The van der Waals surface area contributed by atoms with Gasteiger partial charge in [0.25, 0.3) is 0 Å². The van der Waals surface area contributed by atoms with Gasteiger partial charge >= 0.3 is 0 Å². The topological polar surface area (TPSA) is 29.5 Å². The van der Waals surface area contributed by atoms with Gasteiger partial charge in [-0.05, 0) is 48.4 Å². The van der Waals surface area contributed by atoms with Gasteiger partial charge < -0.3 is 4.74 Å². The molecule has 0 aromatic heterocycles. The fourth-order valence-electron chi connectivity index (χ4n) is 4.53. The predicted molar refractivity (Wildman–Crippen MR) is 121 cm³/mol. The number of carbonyl (C=O) groups excluding carboxylic acids is 1. The van der Waals surface area contributed by atoms with Gasteiger partial charge in [-0.15, -0.1) is 0 Å². The molecule has 3 nitrogen and oxygen atoms in total. The van der Waals surface area contributed by atoms with Crippen molar-refractivity contribution in [3.05, 3.63) is 101 Å². The lowest BCUT2D eigenvalue weighted by atomic mass is 9.76. The van der Waals surface area contributed by atoms with E-state index in [1.807, 2.05) is 31.2 Å². The number of rotatable bonds is 7. The molecular formula is C27H27F2NO2. The Hall–Kier alpha value is -3.05. The predicted octanol–water partition coefficient (Wildman–Crippen LogP) is 5.59. The van der Waals surface area contributed by atoms with E-state index in [4.69, 9.17) is 4.74 Å². The van der Waals surface area contributed by atoms with Crippen molar-refractivity contribution in [3.63, 3.8) is 0 Å². The van der Waals surface area contributed by atoms with Crippen LogP contribution in [0.1, 0.15) is 36.0 Å². The number of Topliss-reactive ketones (excluding diaryl/α,β-unsaturated/α-hetero) is 1. The number of likely N-dealkylation sites (tertiary alicyclic amines) is 1. The monoisotopic (exact) mass is 435 g/mol. The van der Waals surface area contributed by atoms with Crippen molar-refractivity contribution < 1.29 is 18.3 Å². The quantitative estimate of drug-likeness (QED) is 0.485. The first kappa shape index (κ1) is 22.2. The molecule has 5 heteroatoms. The number of benzene rings is 3. The van der Waals surface area contributed by atoms with Crippen molar-refractivity contribution in [2.24, 2.45) is 5.92 Å². The average Bonchev–Trinajstić information content (AvgIpc) is 2.80. The van der Waals surface area contributed by atoms with Crippen LogP contribution in [0.25, 0.3) is 0 Å². The number of piperidine rings is 1. The van der Waals surface area contributed by atoms with Gasteiger partial charge in [-0.3, -0.25) is 9.69 Å². The molecular weight excluding hydrogens is 408 g/mol. The van der Waals surface area contributed by atoms with Crippen molar-refractivity contribution in [1.82, 2.24) is 4.90 Å². The van der Waals surface area contributed by atoms with Gasteiger partial charge in [-0.2, -0.15) is 0 Å². The minimum Gasteiger partial charge on any atom is -0.494 e. The van der Waals surface area contributed by atoms with Crippen LogP contribution in [0.15, 0.2) is 72.8 Å². The molecule has 1 unspecified atom stereocenters. The second kappa shape index (κ2) is 10.0. The lowest BCUT2D eigenvalue weighted by Gasteiger charge is -2.36. The zero-order valence-electron chi connectivity index (χ0n) is 18.1. The Morgan fingerprint density at radius 3 is 2.12 bits per heavy atom. The van der Waals surface area contributed by atoms with Gasteiger partial charge in [0.1, 0.15) is 23.2 Å². The van der Waals surface area contributed by atoms with Crippen LogP contribution in [0.4, 0.5) is 8.78 Å². The maximum absolute atomic E-state index is 13.6. The Labute approximate surface area is 187 Å². The molecule has 0 saturated carbocycles.